The first kappa shape index (κ1) is 23.7. The normalized spacial score (nSPS) is 18.7. The number of fused-ring (bicyclic) bond motifs is 1. The Morgan fingerprint density at radius 2 is 1.51 bits per heavy atom. The van der Waals surface area contributed by atoms with Crippen LogP contribution in [-0.4, -0.2) is 54.4 Å². The number of anilines is 2. The maximum Gasteiger partial charge on any atom is 0.258 e. The summed E-state index contributed by atoms with van der Waals surface area (Å²) in [6.07, 6.45) is 9.02. The number of amides is 2. The maximum atomic E-state index is 13.5. The van der Waals surface area contributed by atoms with Crippen molar-refractivity contribution in [3.8, 4) is 0 Å². The molecule has 0 N–H and O–H groups in total. The van der Waals surface area contributed by atoms with Gasteiger partial charge in [0.05, 0.1) is 0 Å². The van der Waals surface area contributed by atoms with E-state index in [-0.39, 0.29) is 11.8 Å². The fraction of sp³-hybridized carbons (Fsp3) is 0.387. The first-order chi connectivity index (χ1) is 18.0. The van der Waals surface area contributed by atoms with Crippen molar-refractivity contribution in [2.75, 3.05) is 42.5 Å². The van der Waals surface area contributed by atoms with Crippen molar-refractivity contribution in [2.24, 2.45) is 5.41 Å². The van der Waals surface area contributed by atoms with Gasteiger partial charge in [0.25, 0.3) is 11.8 Å². The van der Waals surface area contributed by atoms with Crippen LogP contribution >= 0.6 is 0 Å². The number of aryl methyl sites for hydroxylation is 1. The van der Waals surface area contributed by atoms with E-state index in [1.165, 1.54) is 18.5 Å². The van der Waals surface area contributed by atoms with Crippen molar-refractivity contribution in [3.63, 3.8) is 0 Å². The Kier molecular flexibility index (Phi) is 6.19. The van der Waals surface area contributed by atoms with Crippen LogP contribution in [0.1, 0.15) is 57.5 Å². The molecule has 2 amide bonds. The molecule has 0 radical (unpaired) electrons. The Bertz CT molecular complexity index is 1300. The Morgan fingerprint density at radius 3 is 2.24 bits per heavy atom. The summed E-state index contributed by atoms with van der Waals surface area (Å²) >= 11 is 0. The average molecular weight is 495 g/mol. The summed E-state index contributed by atoms with van der Waals surface area (Å²) in [5, 5.41) is 0. The number of rotatable bonds is 3. The fourth-order valence-corrected chi connectivity index (χ4v) is 6.34. The summed E-state index contributed by atoms with van der Waals surface area (Å²) in [5.74, 6) is 0.0986. The number of piperidine rings is 2. The summed E-state index contributed by atoms with van der Waals surface area (Å²) in [7, 11) is 0. The van der Waals surface area contributed by atoms with Crippen LogP contribution in [0, 0.1) is 12.3 Å². The van der Waals surface area contributed by atoms with E-state index in [4.69, 9.17) is 0 Å². The summed E-state index contributed by atoms with van der Waals surface area (Å²) in [6, 6.07) is 17.8. The van der Waals surface area contributed by atoms with E-state index in [0.717, 1.165) is 67.8 Å². The minimum Gasteiger partial charge on any atom is -0.371 e. The SMILES string of the molecule is Cc1ccccc1C(=O)N1CCc2ccc(C(=O)N3CCC4(CC3)CCN(c3ccncc3)CC4)cc21. The van der Waals surface area contributed by atoms with E-state index in [1.807, 2.05) is 71.6 Å². The number of pyridine rings is 1. The summed E-state index contributed by atoms with van der Waals surface area (Å²) < 4.78 is 0. The van der Waals surface area contributed by atoms with Crippen molar-refractivity contribution >= 4 is 23.2 Å². The number of nitrogens with zero attached hydrogens (tertiary/aromatic N) is 4. The molecule has 0 saturated carbocycles. The lowest BCUT2D eigenvalue weighted by Gasteiger charge is -2.47. The van der Waals surface area contributed by atoms with Crippen LogP contribution in [0.15, 0.2) is 67.0 Å². The third kappa shape index (κ3) is 4.50. The van der Waals surface area contributed by atoms with Gasteiger partial charge in [0, 0.05) is 67.6 Å². The van der Waals surface area contributed by atoms with Gasteiger partial charge < -0.3 is 14.7 Å². The molecule has 190 valence electrons. The van der Waals surface area contributed by atoms with Gasteiger partial charge >= 0.3 is 0 Å². The molecule has 3 aliphatic rings. The van der Waals surface area contributed by atoms with E-state index < -0.39 is 0 Å². The monoisotopic (exact) mass is 494 g/mol. The third-order valence-corrected chi connectivity index (χ3v) is 8.81. The number of hydrogen-bond donors (Lipinski definition) is 0. The standard InChI is InChI=1S/C31H34N4O2/c1-23-4-2-3-5-27(23)30(37)35-17-10-24-6-7-25(22-28(24)35)29(36)34-20-13-31(14-21-34)11-18-33(19-12-31)26-8-15-32-16-9-26/h2-9,15-16,22H,10-14,17-21H2,1H3. The van der Waals surface area contributed by atoms with Gasteiger partial charge in [-0.1, -0.05) is 24.3 Å². The highest BCUT2D eigenvalue weighted by molar-refractivity contribution is 6.09. The van der Waals surface area contributed by atoms with Crippen LogP contribution in [-0.2, 0) is 6.42 Å². The zero-order chi connectivity index (χ0) is 25.4. The highest BCUT2D eigenvalue weighted by Crippen LogP contribution is 2.42. The molecule has 0 unspecified atom stereocenters. The van der Waals surface area contributed by atoms with Gasteiger partial charge in [0.1, 0.15) is 0 Å². The summed E-state index contributed by atoms with van der Waals surface area (Å²) in [5.41, 5.74) is 6.00. The number of hydrogen-bond acceptors (Lipinski definition) is 4. The second-order valence-electron chi connectivity index (χ2n) is 10.8. The van der Waals surface area contributed by atoms with Crippen LogP contribution < -0.4 is 9.80 Å². The lowest BCUT2D eigenvalue weighted by atomic mass is 9.71. The molecule has 2 saturated heterocycles. The molecule has 0 aliphatic carbocycles. The molecule has 1 spiro atoms. The number of benzene rings is 2. The Balaban J connectivity index is 1.11. The molecule has 1 aromatic heterocycles. The van der Waals surface area contributed by atoms with Crippen molar-refractivity contribution in [3.05, 3.63) is 89.2 Å². The van der Waals surface area contributed by atoms with E-state index in [1.54, 1.807) is 0 Å². The van der Waals surface area contributed by atoms with Crippen LogP contribution in [0.4, 0.5) is 11.4 Å². The molecule has 6 nitrogen and oxygen atoms in total. The summed E-state index contributed by atoms with van der Waals surface area (Å²) in [6.45, 7) is 6.36. The van der Waals surface area contributed by atoms with Crippen molar-refractivity contribution in [1.82, 2.24) is 9.88 Å². The predicted molar refractivity (Wildman–Crippen MR) is 146 cm³/mol. The molecule has 3 aliphatic heterocycles. The molecule has 6 rings (SSSR count). The third-order valence-electron chi connectivity index (χ3n) is 8.81. The Morgan fingerprint density at radius 1 is 0.811 bits per heavy atom. The van der Waals surface area contributed by atoms with Crippen LogP contribution in [0.3, 0.4) is 0 Å². The van der Waals surface area contributed by atoms with Crippen molar-refractivity contribution in [1.29, 1.82) is 0 Å². The van der Waals surface area contributed by atoms with Gasteiger partial charge in [-0.05, 0) is 85.9 Å². The molecule has 2 aromatic carbocycles. The van der Waals surface area contributed by atoms with Gasteiger partial charge in [-0.2, -0.15) is 0 Å². The van der Waals surface area contributed by atoms with Crippen LogP contribution in [0.2, 0.25) is 0 Å². The second kappa shape index (κ2) is 9.66. The van der Waals surface area contributed by atoms with Gasteiger partial charge in [-0.25, -0.2) is 0 Å². The molecule has 37 heavy (non-hydrogen) atoms. The summed E-state index contributed by atoms with van der Waals surface area (Å²) in [4.78, 5) is 37.3. The number of aromatic nitrogens is 1. The Hall–Kier alpha value is -3.67. The average Bonchev–Trinajstić information content (AvgIpc) is 3.37. The van der Waals surface area contributed by atoms with Crippen molar-refractivity contribution < 1.29 is 9.59 Å². The van der Waals surface area contributed by atoms with Gasteiger partial charge in [-0.15, -0.1) is 0 Å². The molecule has 2 fully saturated rings. The smallest absolute Gasteiger partial charge is 0.258 e. The van der Waals surface area contributed by atoms with Crippen LogP contribution in [0.5, 0.6) is 0 Å². The van der Waals surface area contributed by atoms with E-state index in [2.05, 4.69) is 22.0 Å². The minimum absolute atomic E-state index is 0.0134. The van der Waals surface area contributed by atoms with Crippen molar-refractivity contribution in [2.45, 2.75) is 39.0 Å². The zero-order valence-electron chi connectivity index (χ0n) is 21.5. The highest BCUT2D eigenvalue weighted by atomic mass is 16.2. The topological polar surface area (TPSA) is 56.8 Å². The lowest BCUT2D eigenvalue weighted by Crippen LogP contribution is -2.48. The molecule has 3 aromatic rings. The highest BCUT2D eigenvalue weighted by Gasteiger charge is 2.39. The number of carbonyl (C=O) groups is 2. The first-order valence-corrected chi connectivity index (χ1v) is 13.5. The first-order valence-electron chi connectivity index (χ1n) is 13.5. The molecule has 4 heterocycles. The molecule has 6 heteroatoms. The predicted octanol–water partition coefficient (Wildman–Crippen LogP) is 5.12. The molecule has 0 bridgehead atoms. The lowest BCUT2D eigenvalue weighted by molar-refractivity contribution is 0.0515. The number of carbonyl (C=O) groups excluding carboxylic acids is 2. The van der Waals surface area contributed by atoms with Crippen LogP contribution in [0.25, 0.3) is 0 Å². The van der Waals surface area contributed by atoms with Gasteiger partial charge in [0.15, 0.2) is 0 Å². The van der Waals surface area contributed by atoms with Gasteiger partial charge in [-0.3, -0.25) is 14.6 Å². The number of likely N-dealkylation sites (tertiary alicyclic amines) is 1. The molecular weight excluding hydrogens is 460 g/mol. The molecule has 0 atom stereocenters. The molecular formula is C31H34N4O2. The zero-order valence-corrected chi connectivity index (χ0v) is 21.5. The minimum atomic E-state index is 0.0134. The van der Waals surface area contributed by atoms with E-state index >= 15 is 0 Å². The van der Waals surface area contributed by atoms with E-state index in [9.17, 15) is 9.59 Å². The quantitative estimate of drug-likeness (QED) is 0.507. The van der Waals surface area contributed by atoms with E-state index in [0.29, 0.717) is 17.5 Å². The van der Waals surface area contributed by atoms with Gasteiger partial charge in [0.2, 0.25) is 0 Å². The Labute approximate surface area is 218 Å². The second-order valence-corrected chi connectivity index (χ2v) is 10.8. The fourth-order valence-electron chi connectivity index (χ4n) is 6.34. The maximum absolute atomic E-state index is 13.5. The largest absolute Gasteiger partial charge is 0.371 e.